The van der Waals surface area contributed by atoms with Crippen molar-refractivity contribution in [3.05, 3.63) is 60.2 Å². The number of para-hydroxylation sites is 1. The van der Waals surface area contributed by atoms with Crippen LogP contribution >= 0.6 is 0 Å². The lowest BCUT2D eigenvalue weighted by Gasteiger charge is -2.13. The predicted octanol–water partition coefficient (Wildman–Crippen LogP) is 2.73. The van der Waals surface area contributed by atoms with Crippen LogP contribution in [0.5, 0.6) is 11.5 Å². The third-order valence-corrected chi connectivity index (χ3v) is 3.19. The van der Waals surface area contributed by atoms with E-state index in [-0.39, 0.29) is 11.8 Å². The molecule has 0 fully saturated rings. The van der Waals surface area contributed by atoms with Crippen LogP contribution in [-0.4, -0.2) is 24.4 Å². The van der Waals surface area contributed by atoms with Crippen LogP contribution in [-0.2, 0) is 4.79 Å². The molecule has 0 aliphatic carbocycles. The SMILES string of the molecule is CCNC(=O)[C@H](C)NC(=O)c1ccc(Oc2ccccc2)cc1. The molecule has 2 rings (SSSR count). The van der Waals surface area contributed by atoms with Gasteiger partial charge in [0.05, 0.1) is 0 Å². The van der Waals surface area contributed by atoms with Gasteiger partial charge >= 0.3 is 0 Å². The second-order valence-corrected chi connectivity index (χ2v) is 5.03. The molecule has 2 aromatic rings. The maximum atomic E-state index is 12.1. The normalized spacial score (nSPS) is 11.4. The van der Waals surface area contributed by atoms with E-state index in [1.54, 1.807) is 31.2 Å². The molecule has 0 aromatic heterocycles. The summed E-state index contributed by atoms with van der Waals surface area (Å²) in [6.45, 7) is 4.01. The summed E-state index contributed by atoms with van der Waals surface area (Å²) >= 11 is 0. The van der Waals surface area contributed by atoms with Crippen LogP contribution in [0.3, 0.4) is 0 Å². The number of rotatable bonds is 6. The van der Waals surface area contributed by atoms with Gasteiger partial charge in [0.2, 0.25) is 5.91 Å². The van der Waals surface area contributed by atoms with E-state index in [0.717, 1.165) is 5.75 Å². The summed E-state index contributed by atoms with van der Waals surface area (Å²) in [6, 6.07) is 15.6. The number of nitrogens with one attached hydrogen (secondary N) is 2. The zero-order valence-corrected chi connectivity index (χ0v) is 13.2. The molecule has 2 aromatic carbocycles. The van der Waals surface area contributed by atoms with E-state index in [9.17, 15) is 9.59 Å². The molecule has 0 spiro atoms. The molecule has 1 atom stereocenters. The number of ether oxygens (including phenoxy) is 1. The van der Waals surface area contributed by atoms with E-state index in [2.05, 4.69) is 10.6 Å². The van der Waals surface area contributed by atoms with Crippen LogP contribution in [0.2, 0.25) is 0 Å². The molecule has 120 valence electrons. The second kappa shape index (κ2) is 7.98. The number of amides is 2. The lowest BCUT2D eigenvalue weighted by Crippen LogP contribution is -2.44. The molecule has 23 heavy (non-hydrogen) atoms. The second-order valence-electron chi connectivity index (χ2n) is 5.03. The van der Waals surface area contributed by atoms with Crippen molar-refractivity contribution in [3.8, 4) is 11.5 Å². The largest absolute Gasteiger partial charge is 0.457 e. The minimum Gasteiger partial charge on any atom is -0.457 e. The van der Waals surface area contributed by atoms with Crippen molar-refractivity contribution in [1.29, 1.82) is 0 Å². The van der Waals surface area contributed by atoms with Crippen LogP contribution in [0, 0.1) is 0 Å². The highest BCUT2D eigenvalue weighted by Crippen LogP contribution is 2.21. The Kier molecular flexibility index (Phi) is 5.74. The van der Waals surface area contributed by atoms with Gasteiger partial charge in [-0.15, -0.1) is 0 Å². The molecule has 0 heterocycles. The van der Waals surface area contributed by atoms with Crippen LogP contribution in [0.4, 0.5) is 0 Å². The van der Waals surface area contributed by atoms with Crippen LogP contribution in [0.25, 0.3) is 0 Å². The Morgan fingerprint density at radius 1 is 1.00 bits per heavy atom. The van der Waals surface area contributed by atoms with Gasteiger partial charge in [0, 0.05) is 12.1 Å². The van der Waals surface area contributed by atoms with Crippen molar-refractivity contribution in [1.82, 2.24) is 10.6 Å². The first-order chi connectivity index (χ1) is 11.1. The van der Waals surface area contributed by atoms with E-state index in [0.29, 0.717) is 17.9 Å². The van der Waals surface area contributed by atoms with Gasteiger partial charge in [-0.2, -0.15) is 0 Å². The average Bonchev–Trinajstić information content (AvgIpc) is 2.56. The minimum atomic E-state index is -0.581. The van der Waals surface area contributed by atoms with E-state index in [4.69, 9.17) is 4.74 Å². The average molecular weight is 312 g/mol. The van der Waals surface area contributed by atoms with Crippen LogP contribution in [0.15, 0.2) is 54.6 Å². The van der Waals surface area contributed by atoms with E-state index in [1.165, 1.54) is 0 Å². The van der Waals surface area contributed by atoms with Crippen molar-refractivity contribution < 1.29 is 14.3 Å². The quantitative estimate of drug-likeness (QED) is 0.862. The van der Waals surface area contributed by atoms with Gasteiger partial charge < -0.3 is 15.4 Å². The first-order valence-corrected chi connectivity index (χ1v) is 7.51. The maximum Gasteiger partial charge on any atom is 0.251 e. The highest BCUT2D eigenvalue weighted by atomic mass is 16.5. The molecule has 0 unspecified atom stereocenters. The van der Waals surface area contributed by atoms with Crippen molar-refractivity contribution in [2.75, 3.05) is 6.54 Å². The standard InChI is InChI=1S/C18H20N2O3/c1-3-19-17(21)13(2)20-18(22)14-9-11-16(12-10-14)23-15-7-5-4-6-8-15/h4-13H,3H2,1-2H3,(H,19,21)(H,20,22)/t13-/m0/s1. The fourth-order valence-corrected chi connectivity index (χ4v) is 1.97. The molecular weight excluding hydrogens is 292 g/mol. The Morgan fingerprint density at radius 2 is 1.61 bits per heavy atom. The molecule has 0 aliphatic rings. The molecule has 2 amide bonds. The van der Waals surface area contributed by atoms with Gasteiger partial charge in [0.15, 0.2) is 0 Å². The lowest BCUT2D eigenvalue weighted by molar-refractivity contribution is -0.122. The monoisotopic (exact) mass is 312 g/mol. The summed E-state index contributed by atoms with van der Waals surface area (Å²) in [4.78, 5) is 23.7. The molecule has 0 radical (unpaired) electrons. The molecular formula is C18H20N2O3. The van der Waals surface area contributed by atoms with Gasteiger partial charge in [-0.05, 0) is 50.2 Å². The smallest absolute Gasteiger partial charge is 0.251 e. The topological polar surface area (TPSA) is 67.4 Å². The van der Waals surface area contributed by atoms with Gasteiger partial charge in [-0.1, -0.05) is 18.2 Å². The Morgan fingerprint density at radius 3 is 2.22 bits per heavy atom. The molecule has 0 saturated carbocycles. The Bertz CT molecular complexity index is 654. The van der Waals surface area contributed by atoms with E-state index in [1.807, 2.05) is 37.3 Å². The van der Waals surface area contributed by atoms with Crippen LogP contribution in [0.1, 0.15) is 24.2 Å². The number of hydrogen-bond donors (Lipinski definition) is 2. The fraction of sp³-hybridized carbons (Fsp3) is 0.222. The summed E-state index contributed by atoms with van der Waals surface area (Å²) in [6.07, 6.45) is 0. The Labute approximate surface area is 135 Å². The molecule has 5 nitrogen and oxygen atoms in total. The molecule has 0 aliphatic heterocycles. The van der Waals surface area contributed by atoms with Gasteiger partial charge in [-0.3, -0.25) is 9.59 Å². The molecule has 0 bridgehead atoms. The van der Waals surface area contributed by atoms with Crippen molar-refractivity contribution >= 4 is 11.8 Å². The molecule has 5 heteroatoms. The number of likely N-dealkylation sites (N-methyl/N-ethyl adjacent to an activating group) is 1. The maximum absolute atomic E-state index is 12.1. The van der Waals surface area contributed by atoms with Crippen molar-refractivity contribution in [2.45, 2.75) is 19.9 Å². The van der Waals surface area contributed by atoms with Gasteiger partial charge in [0.25, 0.3) is 5.91 Å². The highest BCUT2D eigenvalue weighted by molar-refractivity contribution is 5.97. The lowest BCUT2D eigenvalue weighted by atomic mass is 10.2. The molecule has 2 N–H and O–H groups in total. The number of hydrogen-bond acceptors (Lipinski definition) is 3. The summed E-state index contributed by atoms with van der Waals surface area (Å²) in [5, 5.41) is 5.32. The first kappa shape index (κ1) is 16.5. The summed E-state index contributed by atoms with van der Waals surface area (Å²) in [5.41, 5.74) is 0.474. The Hall–Kier alpha value is -2.82. The zero-order chi connectivity index (χ0) is 16.7. The number of carbonyl (C=O) groups is 2. The third kappa shape index (κ3) is 4.85. The van der Waals surface area contributed by atoms with Crippen molar-refractivity contribution in [2.24, 2.45) is 0 Å². The highest BCUT2D eigenvalue weighted by Gasteiger charge is 2.15. The van der Waals surface area contributed by atoms with E-state index < -0.39 is 6.04 Å². The third-order valence-electron chi connectivity index (χ3n) is 3.19. The van der Waals surface area contributed by atoms with E-state index >= 15 is 0 Å². The minimum absolute atomic E-state index is 0.204. The fourth-order valence-electron chi connectivity index (χ4n) is 1.97. The summed E-state index contributed by atoms with van der Waals surface area (Å²) < 4.78 is 5.67. The van der Waals surface area contributed by atoms with Crippen molar-refractivity contribution in [3.63, 3.8) is 0 Å². The van der Waals surface area contributed by atoms with Gasteiger partial charge in [0.1, 0.15) is 17.5 Å². The Balaban J connectivity index is 1.96. The van der Waals surface area contributed by atoms with Crippen LogP contribution < -0.4 is 15.4 Å². The zero-order valence-electron chi connectivity index (χ0n) is 13.2. The first-order valence-electron chi connectivity index (χ1n) is 7.51. The van der Waals surface area contributed by atoms with Gasteiger partial charge in [-0.25, -0.2) is 0 Å². The summed E-state index contributed by atoms with van der Waals surface area (Å²) in [5.74, 6) is 0.874. The number of benzene rings is 2. The predicted molar refractivity (Wildman–Crippen MR) is 88.6 cm³/mol. The summed E-state index contributed by atoms with van der Waals surface area (Å²) in [7, 11) is 0. The molecule has 0 saturated heterocycles. The number of carbonyl (C=O) groups excluding carboxylic acids is 2.